The highest BCUT2D eigenvalue weighted by atomic mass is 127. The molecule has 5 nitrogen and oxygen atoms in total. The number of benzene rings is 1. The molecule has 0 radical (unpaired) electrons. The van der Waals surface area contributed by atoms with Crippen molar-refractivity contribution in [2.45, 2.75) is 13.3 Å². The molecule has 20 heavy (non-hydrogen) atoms. The molecule has 2 aromatic rings. The maximum Gasteiger partial charge on any atom is 0.339 e. The van der Waals surface area contributed by atoms with Gasteiger partial charge in [0.1, 0.15) is 22.7 Å². The molecule has 0 saturated carbocycles. The van der Waals surface area contributed by atoms with E-state index in [2.05, 4.69) is 0 Å². The van der Waals surface area contributed by atoms with Crippen LogP contribution >= 0.6 is 22.6 Å². The number of halogens is 1. The number of aromatic hydroxyl groups is 1. The second-order valence-corrected chi connectivity index (χ2v) is 5.26. The number of phenols is 1. The number of ether oxygens (including phenoxy) is 1. The van der Waals surface area contributed by atoms with E-state index < -0.39 is 5.97 Å². The molecule has 1 aromatic heterocycles. The number of hydrogen-bond donors (Lipinski definition) is 2. The first-order valence-corrected chi connectivity index (χ1v) is 7.19. The number of carbonyl (C=O) groups is 1. The molecule has 0 saturated heterocycles. The van der Waals surface area contributed by atoms with E-state index in [-0.39, 0.29) is 11.3 Å². The fourth-order valence-electron chi connectivity index (χ4n) is 1.82. The Morgan fingerprint density at radius 3 is 2.60 bits per heavy atom. The van der Waals surface area contributed by atoms with E-state index >= 15 is 0 Å². The molecular weight excluding hydrogens is 373 g/mol. The highest BCUT2D eigenvalue weighted by Crippen LogP contribution is 2.37. The van der Waals surface area contributed by atoms with Gasteiger partial charge < -0.3 is 19.5 Å². The Balaban J connectivity index is 2.64. The average Bonchev–Trinajstić information content (AvgIpc) is 2.93. The van der Waals surface area contributed by atoms with Gasteiger partial charge in [-0.25, -0.2) is 4.79 Å². The average molecular weight is 387 g/mol. The van der Waals surface area contributed by atoms with Crippen LogP contribution in [-0.4, -0.2) is 27.4 Å². The fourth-order valence-corrected chi connectivity index (χ4v) is 2.65. The normalized spacial score (nSPS) is 10.5. The maximum atomic E-state index is 11.2. The van der Waals surface area contributed by atoms with Crippen molar-refractivity contribution in [1.29, 1.82) is 0 Å². The highest BCUT2D eigenvalue weighted by Gasteiger charge is 2.21. The minimum Gasteiger partial charge on any atom is -0.506 e. The number of aromatic nitrogens is 1. The number of nitrogens with zero attached hydrogens (tertiary/aromatic N) is 1. The standard InChI is InChI=1S/C14H14INO4/c1-2-7-20-10-8-9(14(18)19)13(17)11(15)12(10)16-5-3-4-6-16/h3-6,8,17H,2,7H2,1H3,(H,18,19). The fraction of sp³-hybridized carbons (Fsp3) is 0.214. The molecule has 0 atom stereocenters. The third-order valence-corrected chi connectivity index (χ3v) is 3.76. The number of carboxylic acids is 1. The minimum atomic E-state index is -1.18. The summed E-state index contributed by atoms with van der Waals surface area (Å²) in [5.41, 5.74) is 0.489. The lowest BCUT2D eigenvalue weighted by Gasteiger charge is -2.16. The molecule has 0 fully saturated rings. The van der Waals surface area contributed by atoms with Crippen LogP contribution in [0, 0.1) is 3.57 Å². The van der Waals surface area contributed by atoms with Crippen molar-refractivity contribution in [2.75, 3.05) is 6.61 Å². The first-order valence-electron chi connectivity index (χ1n) is 6.11. The van der Waals surface area contributed by atoms with E-state index in [0.717, 1.165) is 6.42 Å². The summed E-state index contributed by atoms with van der Waals surface area (Å²) in [7, 11) is 0. The molecule has 0 unspecified atom stereocenters. The Bertz CT molecular complexity index is 623. The molecule has 0 aliphatic rings. The van der Waals surface area contributed by atoms with Crippen LogP contribution in [0.1, 0.15) is 23.7 Å². The number of rotatable bonds is 5. The molecular formula is C14H14INO4. The van der Waals surface area contributed by atoms with Gasteiger partial charge in [0, 0.05) is 18.5 Å². The maximum absolute atomic E-state index is 11.2. The molecule has 106 valence electrons. The zero-order chi connectivity index (χ0) is 14.7. The molecule has 0 spiro atoms. The van der Waals surface area contributed by atoms with Crippen LogP contribution in [0.3, 0.4) is 0 Å². The third kappa shape index (κ3) is 2.74. The van der Waals surface area contributed by atoms with Crippen LogP contribution in [0.15, 0.2) is 30.6 Å². The van der Waals surface area contributed by atoms with Gasteiger partial charge in [-0.3, -0.25) is 0 Å². The van der Waals surface area contributed by atoms with Crippen LogP contribution in [-0.2, 0) is 0 Å². The van der Waals surface area contributed by atoms with E-state index in [1.54, 1.807) is 4.57 Å². The quantitative estimate of drug-likeness (QED) is 0.773. The molecule has 0 aliphatic carbocycles. The third-order valence-electron chi connectivity index (χ3n) is 2.73. The molecule has 0 amide bonds. The molecule has 1 heterocycles. The van der Waals surface area contributed by atoms with Gasteiger partial charge in [-0.15, -0.1) is 0 Å². The van der Waals surface area contributed by atoms with Crippen molar-refractivity contribution >= 4 is 28.6 Å². The minimum absolute atomic E-state index is 0.156. The van der Waals surface area contributed by atoms with Gasteiger partial charge in [0.2, 0.25) is 0 Å². The van der Waals surface area contributed by atoms with Crippen LogP contribution < -0.4 is 4.74 Å². The Morgan fingerprint density at radius 1 is 1.40 bits per heavy atom. The van der Waals surface area contributed by atoms with Gasteiger partial charge in [0.25, 0.3) is 0 Å². The van der Waals surface area contributed by atoms with E-state index in [1.807, 2.05) is 54.0 Å². The van der Waals surface area contributed by atoms with Gasteiger partial charge in [-0.1, -0.05) is 6.92 Å². The van der Waals surface area contributed by atoms with Gasteiger partial charge >= 0.3 is 5.97 Å². The summed E-state index contributed by atoms with van der Waals surface area (Å²) in [6, 6.07) is 5.06. The number of hydrogen-bond acceptors (Lipinski definition) is 3. The van der Waals surface area contributed by atoms with Crippen LogP contribution in [0.4, 0.5) is 0 Å². The van der Waals surface area contributed by atoms with Gasteiger partial charge in [0.05, 0.1) is 10.2 Å². The summed E-state index contributed by atoms with van der Waals surface area (Å²) in [5, 5.41) is 19.2. The van der Waals surface area contributed by atoms with Crippen LogP contribution in [0.5, 0.6) is 11.5 Å². The van der Waals surface area contributed by atoms with E-state index in [0.29, 0.717) is 21.6 Å². The van der Waals surface area contributed by atoms with Crippen molar-refractivity contribution in [3.63, 3.8) is 0 Å². The molecule has 2 rings (SSSR count). The summed E-state index contributed by atoms with van der Waals surface area (Å²) < 4.78 is 7.88. The molecule has 2 N–H and O–H groups in total. The Kier molecular flexibility index (Phi) is 4.53. The molecule has 0 aliphatic heterocycles. The summed E-state index contributed by atoms with van der Waals surface area (Å²) in [4.78, 5) is 11.2. The lowest BCUT2D eigenvalue weighted by atomic mass is 10.1. The van der Waals surface area contributed by atoms with Gasteiger partial charge in [-0.2, -0.15) is 0 Å². The van der Waals surface area contributed by atoms with Crippen LogP contribution in [0.2, 0.25) is 0 Å². The second-order valence-electron chi connectivity index (χ2n) is 4.18. The summed E-state index contributed by atoms with van der Waals surface area (Å²) >= 11 is 1.93. The van der Waals surface area contributed by atoms with Crippen molar-refractivity contribution < 1.29 is 19.7 Å². The monoisotopic (exact) mass is 387 g/mol. The molecule has 6 heteroatoms. The Hall–Kier alpha value is -1.70. The largest absolute Gasteiger partial charge is 0.506 e. The lowest BCUT2D eigenvalue weighted by Crippen LogP contribution is -2.07. The van der Waals surface area contributed by atoms with Crippen molar-refractivity contribution in [1.82, 2.24) is 4.57 Å². The summed E-state index contributed by atoms with van der Waals surface area (Å²) in [6.07, 6.45) is 4.44. The second kappa shape index (κ2) is 6.17. The van der Waals surface area contributed by atoms with E-state index in [1.165, 1.54) is 6.07 Å². The van der Waals surface area contributed by atoms with Crippen LogP contribution in [0.25, 0.3) is 5.69 Å². The number of carboxylic acid groups (broad SMARTS) is 1. The SMILES string of the molecule is CCCOc1cc(C(=O)O)c(O)c(I)c1-n1cccc1. The first kappa shape index (κ1) is 14.7. The van der Waals surface area contributed by atoms with Crippen molar-refractivity contribution in [3.05, 3.63) is 39.7 Å². The predicted molar refractivity (Wildman–Crippen MR) is 82.9 cm³/mol. The van der Waals surface area contributed by atoms with Crippen molar-refractivity contribution in [3.8, 4) is 17.2 Å². The topological polar surface area (TPSA) is 71.7 Å². The summed E-state index contributed by atoms with van der Waals surface area (Å²) in [5.74, 6) is -0.978. The molecule has 0 bridgehead atoms. The van der Waals surface area contributed by atoms with E-state index in [4.69, 9.17) is 9.84 Å². The summed E-state index contributed by atoms with van der Waals surface area (Å²) in [6.45, 7) is 2.45. The van der Waals surface area contributed by atoms with Gasteiger partial charge in [0.15, 0.2) is 0 Å². The Morgan fingerprint density at radius 2 is 2.05 bits per heavy atom. The number of aromatic carboxylic acids is 1. The molecule has 1 aromatic carbocycles. The van der Waals surface area contributed by atoms with E-state index in [9.17, 15) is 9.90 Å². The predicted octanol–water partition coefficient (Wildman–Crippen LogP) is 3.27. The first-order chi connectivity index (χ1) is 9.56. The Labute approximate surface area is 129 Å². The van der Waals surface area contributed by atoms with Crippen molar-refractivity contribution in [2.24, 2.45) is 0 Å². The van der Waals surface area contributed by atoms with Gasteiger partial charge in [-0.05, 0) is 41.1 Å². The smallest absolute Gasteiger partial charge is 0.339 e. The lowest BCUT2D eigenvalue weighted by molar-refractivity contribution is 0.0693. The zero-order valence-corrected chi connectivity index (χ0v) is 13.0. The highest BCUT2D eigenvalue weighted by molar-refractivity contribution is 14.1. The zero-order valence-electron chi connectivity index (χ0n) is 10.8.